The van der Waals surface area contributed by atoms with E-state index in [4.69, 9.17) is 11.6 Å². The number of aromatic nitrogens is 2. The lowest BCUT2D eigenvalue weighted by atomic mass is 10.2. The van der Waals surface area contributed by atoms with Crippen LogP contribution in [0.1, 0.15) is 37.7 Å². The van der Waals surface area contributed by atoms with Gasteiger partial charge in [0.05, 0.1) is 17.1 Å². The van der Waals surface area contributed by atoms with Crippen LogP contribution in [0.2, 0.25) is 5.02 Å². The van der Waals surface area contributed by atoms with Gasteiger partial charge in [-0.2, -0.15) is 5.10 Å². The van der Waals surface area contributed by atoms with Crippen molar-refractivity contribution < 1.29 is 14.7 Å². The number of aromatic hydroxyl groups is 1. The summed E-state index contributed by atoms with van der Waals surface area (Å²) in [7, 11) is 0. The summed E-state index contributed by atoms with van der Waals surface area (Å²) >= 11 is 7.38. The molecular formula is C24H23ClN4O3S. The maximum atomic E-state index is 12.6. The molecule has 3 N–H and O–H groups in total. The van der Waals surface area contributed by atoms with Crippen molar-refractivity contribution in [3.05, 3.63) is 81.3 Å². The summed E-state index contributed by atoms with van der Waals surface area (Å²) in [6.45, 7) is 3.38. The van der Waals surface area contributed by atoms with Gasteiger partial charge >= 0.3 is 0 Å². The Morgan fingerprint density at radius 2 is 1.79 bits per heavy atom. The van der Waals surface area contributed by atoms with Crippen LogP contribution in [0.3, 0.4) is 0 Å². The normalized spacial score (nSPS) is 11.0. The van der Waals surface area contributed by atoms with Gasteiger partial charge < -0.3 is 15.7 Å². The van der Waals surface area contributed by atoms with Crippen LogP contribution in [-0.4, -0.2) is 39.8 Å². The fourth-order valence-electron chi connectivity index (χ4n) is 3.42. The molecule has 9 heteroatoms. The highest BCUT2D eigenvalue weighted by molar-refractivity contribution is 7.20. The number of rotatable bonds is 8. The summed E-state index contributed by atoms with van der Waals surface area (Å²) in [4.78, 5) is 26.3. The first-order chi connectivity index (χ1) is 15.9. The smallest absolute Gasteiger partial charge is 0.261 e. The molecule has 0 spiro atoms. The number of carbonyl (C=O) groups excluding carboxylic acids is 2. The minimum atomic E-state index is -0.262. The first-order valence-electron chi connectivity index (χ1n) is 10.5. The second-order valence-electron chi connectivity index (χ2n) is 7.61. The number of phenolic OH excluding ortho intramolecular Hbond substituents is 1. The molecule has 4 rings (SSSR count). The Labute approximate surface area is 200 Å². The van der Waals surface area contributed by atoms with E-state index in [0.717, 1.165) is 21.5 Å². The SMILES string of the molecule is Cc1nn(Cc2ccc(Cl)cc2)c2sc(C(=O)NCCCNC(=O)c3cccc(O)c3)cc12. The molecule has 170 valence electrons. The molecule has 2 heterocycles. The maximum absolute atomic E-state index is 12.6. The molecule has 0 unspecified atom stereocenters. The number of nitrogens with one attached hydrogen (secondary N) is 2. The molecule has 2 amide bonds. The lowest BCUT2D eigenvalue weighted by Gasteiger charge is -2.06. The average Bonchev–Trinajstić information content (AvgIpc) is 3.36. The Morgan fingerprint density at radius 1 is 1.06 bits per heavy atom. The van der Waals surface area contributed by atoms with Crippen LogP contribution in [0.15, 0.2) is 54.6 Å². The third-order valence-electron chi connectivity index (χ3n) is 5.11. The summed E-state index contributed by atoms with van der Waals surface area (Å²) in [6.07, 6.45) is 0.588. The second-order valence-corrected chi connectivity index (χ2v) is 9.08. The van der Waals surface area contributed by atoms with Crippen LogP contribution in [0.4, 0.5) is 0 Å². The summed E-state index contributed by atoms with van der Waals surface area (Å²) < 4.78 is 1.91. The topological polar surface area (TPSA) is 96.3 Å². The van der Waals surface area contributed by atoms with Crippen LogP contribution in [0.25, 0.3) is 10.2 Å². The number of hydrogen-bond donors (Lipinski definition) is 3. The third-order valence-corrected chi connectivity index (χ3v) is 6.51. The molecule has 0 radical (unpaired) electrons. The number of halogens is 1. The summed E-state index contributed by atoms with van der Waals surface area (Å²) in [5, 5.41) is 21.4. The first kappa shape index (κ1) is 22.8. The molecule has 7 nitrogen and oxygen atoms in total. The van der Waals surface area contributed by atoms with Gasteiger partial charge in [0.1, 0.15) is 10.6 Å². The van der Waals surface area contributed by atoms with Gasteiger partial charge in [-0.1, -0.05) is 29.8 Å². The summed E-state index contributed by atoms with van der Waals surface area (Å²) in [5.74, 6) is -0.361. The Balaban J connectivity index is 1.31. The van der Waals surface area contributed by atoms with Gasteiger partial charge in [-0.15, -0.1) is 11.3 Å². The number of amides is 2. The zero-order chi connectivity index (χ0) is 23.4. The van der Waals surface area contributed by atoms with Crippen LogP contribution >= 0.6 is 22.9 Å². The van der Waals surface area contributed by atoms with Crippen molar-refractivity contribution in [2.45, 2.75) is 19.9 Å². The van der Waals surface area contributed by atoms with E-state index in [2.05, 4.69) is 15.7 Å². The van der Waals surface area contributed by atoms with Crippen molar-refractivity contribution in [2.24, 2.45) is 0 Å². The van der Waals surface area contributed by atoms with Crippen LogP contribution < -0.4 is 10.6 Å². The van der Waals surface area contributed by atoms with Crippen molar-refractivity contribution in [1.82, 2.24) is 20.4 Å². The number of nitrogens with zero attached hydrogens (tertiary/aromatic N) is 2. The summed E-state index contributed by atoms with van der Waals surface area (Å²) in [5.41, 5.74) is 2.35. The molecule has 0 saturated heterocycles. The van der Waals surface area contributed by atoms with Crippen molar-refractivity contribution in [3.63, 3.8) is 0 Å². The first-order valence-corrected chi connectivity index (χ1v) is 11.7. The summed E-state index contributed by atoms with van der Waals surface area (Å²) in [6, 6.07) is 15.7. The van der Waals surface area contributed by atoms with Crippen molar-refractivity contribution in [3.8, 4) is 5.75 Å². The van der Waals surface area contributed by atoms with E-state index in [-0.39, 0.29) is 17.6 Å². The molecule has 0 aliphatic heterocycles. The van der Waals surface area contributed by atoms with Crippen LogP contribution in [-0.2, 0) is 6.54 Å². The Kier molecular flexibility index (Phi) is 6.96. The second kappa shape index (κ2) is 10.1. The quantitative estimate of drug-likeness (QED) is 0.325. The molecule has 0 saturated carbocycles. The molecule has 0 bridgehead atoms. The van der Waals surface area contributed by atoms with E-state index in [1.54, 1.807) is 12.1 Å². The Morgan fingerprint density at radius 3 is 2.52 bits per heavy atom. The van der Waals surface area contributed by atoms with E-state index in [1.807, 2.05) is 41.9 Å². The number of benzene rings is 2. The van der Waals surface area contributed by atoms with Gasteiger partial charge in [0.2, 0.25) is 0 Å². The van der Waals surface area contributed by atoms with Gasteiger partial charge in [0.15, 0.2) is 0 Å². The lowest BCUT2D eigenvalue weighted by molar-refractivity contribution is 0.0952. The molecule has 2 aromatic heterocycles. The van der Waals surface area contributed by atoms with Crippen LogP contribution in [0, 0.1) is 6.92 Å². The van der Waals surface area contributed by atoms with Crippen molar-refractivity contribution in [1.29, 1.82) is 0 Å². The fraction of sp³-hybridized carbons (Fsp3) is 0.208. The number of fused-ring (bicyclic) bond motifs is 1. The Bertz CT molecular complexity index is 1300. The monoisotopic (exact) mass is 482 g/mol. The van der Waals surface area contributed by atoms with Gasteiger partial charge in [0, 0.05) is 29.1 Å². The maximum Gasteiger partial charge on any atom is 0.261 e. The number of phenols is 1. The molecule has 2 aromatic carbocycles. The largest absolute Gasteiger partial charge is 0.508 e. The molecule has 0 fully saturated rings. The highest BCUT2D eigenvalue weighted by atomic mass is 35.5. The van der Waals surface area contributed by atoms with Crippen molar-refractivity contribution in [2.75, 3.05) is 13.1 Å². The van der Waals surface area contributed by atoms with Gasteiger partial charge in [0.25, 0.3) is 11.8 Å². The average molecular weight is 483 g/mol. The molecule has 0 aliphatic rings. The minimum absolute atomic E-state index is 0.0461. The number of thiophene rings is 1. The van der Waals surface area contributed by atoms with E-state index in [9.17, 15) is 14.7 Å². The number of aryl methyl sites for hydroxylation is 1. The predicted molar refractivity (Wildman–Crippen MR) is 130 cm³/mol. The third kappa shape index (κ3) is 5.53. The highest BCUT2D eigenvalue weighted by Gasteiger charge is 2.16. The van der Waals surface area contributed by atoms with E-state index in [1.165, 1.54) is 23.5 Å². The molecular weight excluding hydrogens is 460 g/mol. The molecule has 33 heavy (non-hydrogen) atoms. The van der Waals surface area contributed by atoms with Gasteiger partial charge in [-0.05, 0) is 55.3 Å². The lowest BCUT2D eigenvalue weighted by Crippen LogP contribution is -2.29. The van der Waals surface area contributed by atoms with E-state index in [0.29, 0.717) is 41.5 Å². The van der Waals surface area contributed by atoms with Crippen LogP contribution in [0.5, 0.6) is 5.75 Å². The predicted octanol–water partition coefficient (Wildman–Crippen LogP) is 4.36. The fourth-order valence-corrected chi connectivity index (χ4v) is 4.63. The minimum Gasteiger partial charge on any atom is -0.508 e. The molecule has 0 atom stereocenters. The van der Waals surface area contributed by atoms with E-state index < -0.39 is 0 Å². The zero-order valence-electron chi connectivity index (χ0n) is 18.0. The van der Waals surface area contributed by atoms with E-state index >= 15 is 0 Å². The highest BCUT2D eigenvalue weighted by Crippen LogP contribution is 2.29. The Hall–Kier alpha value is -3.36. The zero-order valence-corrected chi connectivity index (χ0v) is 19.5. The molecule has 4 aromatic rings. The molecule has 0 aliphatic carbocycles. The standard InChI is InChI=1S/C24H23ClN4O3S/c1-15-20-13-21(33-24(20)29(28-15)14-16-6-8-18(25)9-7-16)23(32)27-11-3-10-26-22(31)17-4-2-5-19(30)12-17/h2,4-9,12-13,30H,3,10-11,14H2,1H3,(H,26,31)(H,27,32). The van der Waals surface area contributed by atoms with Gasteiger partial charge in [-0.3, -0.25) is 14.3 Å². The number of carbonyl (C=O) groups is 2. The van der Waals surface area contributed by atoms with Crippen molar-refractivity contribution >= 4 is 45.0 Å². The van der Waals surface area contributed by atoms with Gasteiger partial charge in [-0.25, -0.2) is 0 Å². The number of hydrogen-bond acceptors (Lipinski definition) is 5.